The van der Waals surface area contributed by atoms with E-state index in [1.165, 1.54) is 12.8 Å². The largest absolute Gasteiger partial charge is 0.339 e. The van der Waals surface area contributed by atoms with Gasteiger partial charge in [0.05, 0.1) is 6.54 Å². The predicted molar refractivity (Wildman–Crippen MR) is 76.6 cm³/mol. The zero-order valence-electron chi connectivity index (χ0n) is 11.5. The minimum Gasteiger partial charge on any atom is -0.339 e. The molecule has 0 bridgehead atoms. The molecule has 1 aromatic rings. The number of amides is 2. The molecule has 2 heterocycles. The first-order valence-electron chi connectivity index (χ1n) is 7.26. The summed E-state index contributed by atoms with van der Waals surface area (Å²) in [5.41, 5.74) is 0. The van der Waals surface area contributed by atoms with Crippen LogP contribution in [-0.2, 0) is 6.54 Å². The summed E-state index contributed by atoms with van der Waals surface area (Å²) in [6.45, 7) is 1.98. The maximum atomic E-state index is 12.0. The summed E-state index contributed by atoms with van der Waals surface area (Å²) in [6.07, 6.45) is 4.76. The molecule has 110 valence electrons. The molecule has 6 nitrogen and oxygen atoms in total. The van der Waals surface area contributed by atoms with Crippen LogP contribution in [-0.4, -0.2) is 45.7 Å². The molecule has 1 N–H and O–H groups in total. The van der Waals surface area contributed by atoms with Crippen molar-refractivity contribution in [1.82, 2.24) is 20.4 Å². The van der Waals surface area contributed by atoms with Crippen molar-refractivity contribution in [2.24, 2.45) is 0 Å². The summed E-state index contributed by atoms with van der Waals surface area (Å²) in [4.78, 5) is 18.2. The number of rotatable bonds is 3. The molecular formula is C13H20N4O2S. The van der Waals surface area contributed by atoms with Crippen LogP contribution in [0.1, 0.15) is 43.3 Å². The third kappa shape index (κ3) is 3.26. The van der Waals surface area contributed by atoms with E-state index in [0.717, 1.165) is 43.3 Å². The minimum absolute atomic E-state index is 0.0301. The third-order valence-corrected chi connectivity index (χ3v) is 4.83. The highest BCUT2D eigenvalue weighted by Crippen LogP contribution is 2.32. The van der Waals surface area contributed by atoms with Gasteiger partial charge in [-0.05, 0) is 12.8 Å². The summed E-state index contributed by atoms with van der Waals surface area (Å²) in [7, 11) is 0. The number of nitrogens with one attached hydrogen (secondary N) is 1. The molecule has 0 radical (unpaired) electrons. The summed E-state index contributed by atoms with van der Waals surface area (Å²) in [6, 6.07) is -0.0301. The highest BCUT2D eigenvalue weighted by Gasteiger charge is 2.23. The molecule has 2 aliphatic rings. The lowest BCUT2D eigenvalue weighted by molar-refractivity contribution is 0.202. The van der Waals surface area contributed by atoms with Crippen molar-refractivity contribution < 1.29 is 9.32 Å². The maximum Gasteiger partial charge on any atom is 0.317 e. The van der Waals surface area contributed by atoms with Crippen molar-refractivity contribution in [3.8, 4) is 0 Å². The topological polar surface area (TPSA) is 71.3 Å². The van der Waals surface area contributed by atoms with Gasteiger partial charge in [-0.3, -0.25) is 0 Å². The van der Waals surface area contributed by atoms with E-state index in [1.54, 1.807) is 0 Å². The van der Waals surface area contributed by atoms with Gasteiger partial charge in [0.2, 0.25) is 5.89 Å². The fourth-order valence-corrected chi connectivity index (χ4v) is 3.61. The molecule has 0 atom stereocenters. The van der Waals surface area contributed by atoms with Gasteiger partial charge in [0.15, 0.2) is 5.82 Å². The van der Waals surface area contributed by atoms with Crippen LogP contribution in [0.3, 0.4) is 0 Å². The van der Waals surface area contributed by atoms with Crippen LogP contribution in [0.5, 0.6) is 0 Å². The summed E-state index contributed by atoms with van der Waals surface area (Å²) < 4.78 is 5.30. The van der Waals surface area contributed by atoms with Gasteiger partial charge in [-0.25, -0.2) is 4.79 Å². The van der Waals surface area contributed by atoms with Gasteiger partial charge in [-0.2, -0.15) is 16.7 Å². The predicted octanol–water partition coefficient (Wildman–Crippen LogP) is 1.99. The van der Waals surface area contributed by atoms with Gasteiger partial charge >= 0.3 is 6.03 Å². The van der Waals surface area contributed by atoms with Crippen LogP contribution in [0.2, 0.25) is 0 Å². The smallest absolute Gasteiger partial charge is 0.317 e. The molecule has 3 rings (SSSR count). The van der Waals surface area contributed by atoms with Crippen LogP contribution in [0.4, 0.5) is 4.79 Å². The number of nitrogens with zero attached hydrogens (tertiary/aromatic N) is 3. The molecule has 0 aromatic carbocycles. The fraction of sp³-hybridized carbons (Fsp3) is 0.769. The van der Waals surface area contributed by atoms with Gasteiger partial charge < -0.3 is 14.7 Å². The van der Waals surface area contributed by atoms with Crippen LogP contribution < -0.4 is 5.32 Å². The second kappa shape index (κ2) is 6.47. The molecule has 20 heavy (non-hydrogen) atoms. The number of aromatic nitrogens is 2. The Labute approximate surface area is 122 Å². The first kappa shape index (κ1) is 13.7. The first-order chi connectivity index (χ1) is 9.83. The van der Waals surface area contributed by atoms with Gasteiger partial charge in [0.1, 0.15) is 0 Å². The number of carbonyl (C=O) groups excluding carboxylic acids is 1. The molecular weight excluding hydrogens is 276 g/mol. The Bertz CT molecular complexity index is 453. The Morgan fingerprint density at radius 3 is 2.85 bits per heavy atom. The molecule has 1 saturated heterocycles. The number of hydrogen-bond donors (Lipinski definition) is 1. The Kier molecular flexibility index (Phi) is 4.44. The molecule has 2 amide bonds. The van der Waals surface area contributed by atoms with Crippen molar-refractivity contribution in [2.45, 2.75) is 38.1 Å². The zero-order chi connectivity index (χ0) is 13.8. The van der Waals surface area contributed by atoms with Crippen LogP contribution >= 0.6 is 11.8 Å². The first-order valence-corrected chi connectivity index (χ1v) is 8.41. The Balaban J connectivity index is 1.49. The van der Waals surface area contributed by atoms with E-state index in [0.29, 0.717) is 18.3 Å². The highest BCUT2D eigenvalue weighted by molar-refractivity contribution is 7.99. The van der Waals surface area contributed by atoms with E-state index in [9.17, 15) is 4.79 Å². The summed E-state index contributed by atoms with van der Waals surface area (Å²) in [5, 5.41) is 6.82. The van der Waals surface area contributed by atoms with E-state index >= 15 is 0 Å². The molecule has 1 aliphatic carbocycles. The van der Waals surface area contributed by atoms with Crippen molar-refractivity contribution in [1.29, 1.82) is 0 Å². The van der Waals surface area contributed by atoms with E-state index in [-0.39, 0.29) is 6.03 Å². The monoisotopic (exact) mass is 296 g/mol. The zero-order valence-corrected chi connectivity index (χ0v) is 12.3. The molecule has 7 heteroatoms. The van der Waals surface area contributed by atoms with Crippen molar-refractivity contribution in [3.05, 3.63) is 11.7 Å². The molecule has 2 fully saturated rings. The Morgan fingerprint density at radius 1 is 1.35 bits per heavy atom. The van der Waals surface area contributed by atoms with E-state index < -0.39 is 0 Å². The van der Waals surface area contributed by atoms with E-state index in [4.69, 9.17) is 4.52 Å². The van der Waals surface area contributed by atoms with E-state index in [2.05, 4.69) is 15.5 Å². The van der Waals surface area contributed by atoms with Gasteiger partial charge in [0, 0.05) is 30.5 Å². The third-order valence-electron chi connectivity index (χ3n) is 3.88. The average Bonchev–Trinajstić information content (AvgIpc) is 3.16. The quantitative estimate of drug-likeness (QED) is 0.923. The maximum absolute atomic E-state index is 12.0. The normalized spacial score (nSPS) is 20.3. The number of hydrogen-bond acceptors (Lipinski definition) is 5. The molecule has 0 spiro atoms. The van der Waals surface area contributed by atoms with Gasteiger partial charge in [0.25, 0.3) is 0 Å². The SMILES string of the molecule is O=C(NCc1noc(C2CCCC2)n1)N1CCSCC1. The highest BCUT2D eigenvalue weighted by atomic mass is 32.2. The summed E-state index contributed by atoms with van der Waals surface area (Å²) in [5.74, 6) is 3.77. The molecule has 0 unspecified atom stereocenters. The summed E-state index contributed by atoms with van der Waals surface area (Å²) >= 11 is 1.89. The van der Waals surface area contributed by atoms with Gasteiger partial charge in [-0.1, -0.05) is 18.0 Å². The molecule has 1 aliphatic heterocycles. The Hall–Kier alpha value is -1.24. The lowest BCUT2D eigenvalue weighted by Gasteiger charge is -2.26. The van der Waals surface area contributed by atoms with Crippen LogP contribution in [0.25, 0.3) is 0 Å². The lowest BCUT2D eigenvalue weighted by Crippen LogP contribution is -2.44. The number of carbonyl (C=O) groups is 1. The molecule has 1 aromatic heterocycles. The fourth-order valence-electron chi connectivity index (χ4n) is 2.71. The second-order valence-corrected chi connectivity index (χ2v) is 6.51. The molecule has 1 saturated carbocycles. The number of thioether (sulfide) groups is 1. The Morgan fingerprint density at radius 2 is 2.10 bits per heavy atom. The second-order valence-electron chi connectivity index (χ2n) is 5.29. The van der Waals surface area contributed by atoms with Crippen molar-refractivity contribution in [3.63, 3.8) is 0 Å². The van der Waals surface area contributed by atoms with Gasteiger partial charge in [-0.15, -0.1) is 0 Å². The van der Waals surface area contributed by atoms with Crippen molar-refractivity contribution in [2.75, 3.05) is 24.6 Å². The van der Waals surface area contributed by atoms with Crippen LogP contribution in [0.15, 0.2) is 4.52 Å². The van der Waals surface area contributed by atoms with E-state index in [1.807, 2.05) is 16.7 Å². The van der Waals surface area contributed by atoms with Crippen molar-refractivity contribution >= 4 is 17.8 Å². The minimum atomic E-state index is -0.0301. The lowest BCUT2D eigenvalue weighted by atomic mass is 10.1. The van der Waals surface area contributed by atoms with Crippen LogP contribution in [0, 0.1) is 0 Å². The number of urea groups is 1. The average molecular weight is 296 g/mol. The standard InChI is InChI=1S/C13H20N4O2S/c18-13(17-5-7-20-8-6-17)14-9-11-15-12(19-16-11)10-3-1-2-4-10/h10H,1-9H2,(H,14,18).